The van der Waals surface area contributed by atoms with E-state index in [2.05, 4.69) is 22.4 Å². The van der Waals surface area contributed by atoms with Gasteiger partial charge in [0.2, 0.25) is 0 Å². The third kappa shape index (κ3) is 4.34. The third-order valence-corrected chi connectivity index (χ3v) is 3.41. The molecule has 0 spiro atoms. The predicted molar refractivity (Wildman–Crippen MR) is 82.9 cm³/mol. The summed E-state index contributed by atoms with van der Waals surface area (Å²) in [7, 11) is 0. The predicted octanol–water partition coefficient (Wildman–Crippen LogP) is 2.48. The van der Waals surface area contributed by atoms with Gasteiger partial charge < -0.3 is 14.8 Å². The van der Waals surface area contributed by atoms with Gasteiger partial charge in [-0.3, -0.25) is 0 Å². The van der Waals surface area contributed by atoms with Crippen molar-refractivity contribution in [3.63, 3.8) is 0 Å². The summed E-state index contributed by atoms with van der Waals surface area (Å²) in [5.41, 5.74) is 2.30. The van der Waals surface area contributed by atoms with E-state index in [4.69, 9.17) is 0 Å². The van der Waals surface area contributed by atoms with Crippen molar-refractivity contribution < 1.29 is 4.79 Å². The molecule has 0 unspecified atom stereocenters. The van der Waals surface area contributed by atoms with E-state index in [9.17, 15) is 4.79 Å². The number of urea groups is 1. The van der Waals surface area contributed by atoms with Gasteiger partial charge in [0.05, 0.1) is 6.33 Å². The average Bonchev–Trinajstić information content (AvgIpc) is 3.00. The van der Waals surface area contributed by atoms with Gasteiger partial charge in [-0.25, -0.2) is 9.78 Å². The van der Waals surface area contributed by atoms with Gasteiger partial charge >= 0.3 is 6.03 Å². The summed E-state index contributed by atoms with van der Waals surface area (Å²) in [6, 6.07) is 8.23. The molecule has 1 heterocycles. The average molecular weight is 286 g/mol. The van der Waals surface area contributed by atoms with Gasteiger partial charge in [-0.2, -0.15) is 0 Å². The van der Waals surface area contributed by atoms with E-state index >= 15 is 0 Å². The zero-order valence-corrected chi connectivity index (χ0v) is 12.6. The van der Waals surface area contributed by atoms with E-state index in [1.807, 2.05) is 36.7 Å². The quantitative estimate of drug-likeness (QED) is 0.887. The summed E-state index contributed by atoms with van der Waals surface area (Å²) in [5, 5.41) is 2.95. The molecule has 0 saturated carbocycles. The molecule has 0 aliphatic carbocycles. The summed E-state index contributed by atoms with van der Waals surface area (Å²) < 4.78 is 2.02. The molecule has 0 aliphatic heterocycles. The molecule has 5 nitrogen and oxygen atoms in total. The molecule has 0 bridgehead atoms. The van der Waals surface area contributed by atoms with Crippen LogP contribution < -0.4 is 5.32 Å². The molecule has 0 saturated heterocycles. The monoisotopic (exact) mass is 286 g/mol. The van der Waals surface area contributed by atoms with Gasteiger partial charge in [-0.15, -0.1) is 0 Å². The van der Waals surface area contributed by atoms with Crippen molar-refractivity contribution in [2.45, 2.75) is 26.9 Å². The second-order valence-electron chi connectivity index (χ2n) is 4.89. The number of imidazole rings is 1. The van der Waals surface area contributed by atoms with E-state index < -0.39 is 0 Å². The first-order valence-electron chi connectivity index (χ1n) is 7.29. The first-order valence-corrected chi connectivity index (χ1v) is 7.29. The van der Waals surface area contributed by atoms with Crippen molar-refractivity contribution in [3.05, 3.63) is 54.1 Å². The highest BCUT2D eigenvalue weighted by Gasteiger charge is 2.08. The van der Waals surface area contributed by atoms with E-state index in [-0.39, 0.29) is 6.03 Å². The highest BCUT2D eigenvalue weighted by molar-refractivity contribution is 5.74. The lowest BCUT2D eigenvalue weighted by atomic mass is 10.1. The number of hydrogen-bond acceptors (Lipinski definition) is 2. The fourth-order valence-electron chi connectivity index (χ4n) is 2.23. The summed E-state index contributed by atoms with van der Waals surface area (Å²) in [6.07, 6.45) is 5.51. The minimum Gasteiger partial charge on any atom is -0.334 e. The summed E-state index contributed by atoms with van der Waals surface area (Å²) in [6.45, 7) is 6.75. The van der Waals surface area contributed by atoms with Gasteiger partial charge in [0.1, 0.15) is 0 Å². The Bertz CT molecular complexity index is 561. The van der Waals surface area contributed by atoms with Crippen LogP contribution in [0.1, 0.15) is 25.0 Å². The molecule has 0 fully saturated rings. The van der Waals surface area contributed by atoms with Crippen molar-refractivity contribution in [1.82, 2.24) is 19.8 Å². The van der Waals surface area contributed by atoms with Crippen molar-refractivity contribution in [2.24, 2.45) is 0 Å². The number of benzene rings is 1. The normalized spacial score (nSPS) is 10.4. The van der Waals surface area contributed by atoms with Gasteiger partial charge in [0.25, 0.3) is 0 Å². The molecular weight excluding hydrogens is 264 g/mol. The zero-order chi connectivity index (χ0) is 15.1. The van der Waals surface area contributed by atoms with Crippen LogP contribution in [0.4, 0.5) is 4.79 Å². The molecule has 0 atom stereocenters. The van der Waals surface area contributed by atoms with Gasteiger partial charge in [-0.05, 0) is 25.0 Å². The number of nitrogens with one attached hydrogen (secondary N) is 1. The van der Waals surface area contributed by atoms with Crippen molar-refractivity contribution in [2.75, 3.05) is 13.1 Å². The van der Waals surface area contributed by atoms with E-state index in [0.29, 0.717) is 6.54 Å². The van der Waals surface area contributed by atoms with Gasteiger partial charge in [0.15, 0.2) is 0 Å². The minimum absolute atomic E-state index is 0.0139. The third-order valence-electron chi connectivity index (χ3n) is 3.41. The molecule has 2 aromatic rings. The SMILES string of the molecule is CCN(CC)C(=O)NCc1cccc(Cn2ccnc2)c1. The van der Waals surface area contributed by atoms with Crippen LogP contribution in [-0.4, -0.2) is 33.6 Å². The number of hydrogen-bond donors (Lipinski definition) is 1. The minimum atomic E-state index is -0.0139. The molecule has 2 rings (SSSR count). The molecule has 0 aliphatic rings. The maximum atomic E-state index is 11.9. The number of amides is 2. The Labute approximate surface area is 125 Å². The number of carbonyl (C=O) groups excluding carboxylic acids is 1. The molecular formula is C16H22N4O. The van der Waals surface area contributed by atoms with Crippen molar-refractivity contribution in [1.29, 1.82) is 0 Å². The summed E-state index contributed by atoms with van der Waals surface area (Å²) >= 11 is 0. The summed E-state index contributed by atoms with van der Waals surface area (Å²) in [4.78, 5) is 17.7. The Kier molecular flexibility index (Phi) is 5.37. The highest BCUT2D eigenvalue weighted by atomic mass is 16.2. The Morgan fingerprint density at radius 1 is 1.29 bits per heavy atom. The maximum Gasteiger partial charge on any atom is 0.317 e. The zero-order valence-electron chi connectivity index (χ0n) is 12.6. The number of carbonyl (C=O) groups is 1. The molecule has 1 N–H and O–H groups in total. The number of aromatic nitrogens is 2. The second kappa shape index (κ2) is 7.47. The number of rotatable bonds is 6. The Morgan fingerprint density at radius 3 is 2.71 bits per heavy atom. The molecule has 112 valence electrons. The van der Waals surface area contributed by atoms with Crippen LogP contribution in [0.3, 0.4) is 0 Å². The fraction of sp³-hybridized carbons (Fsp3) is 0.375. The van der Waals surface area contributed by atoms with Crippen molar-refractivity contribution >= 4 is 6.03 Å². The Hall–Kier alpha value is -2.30. The van der Waals surface area contributed by atoms with Crippen LogP contribution in [0.2, 0.25) is 0 Å². The highest BCUT2D eigenvalue weighted by Crippen LogP contribution is 2.07. The number of nitrogens with zero attached hydrogens (tertiary/aromatic N) is 3. The first-order chi connectivity index (χ1) is 10.2. The lowest BCUT2D eigenvalue weighted by molar-refractivity contribution is 0.203. The van der Waals surface area contributed by atoms with Crippen LogP contribution in [0.15, 0.2) is 43.0 Å². The molecule has 1 aromatic heterocycles. The largest absolute Gasteiger partial charge is 0.334 e. The van der Waals surface area contributed by atoms with E-state index in [0.717, 1.165) is 25.2 Å². The molecule has 1 aromatic carbocycles. The van der Waals surface area contributed by atoms with Crippen LogP contribution in [0.5, 0.6) is 0 Å². The van der Waals surface area contributed by atoms with Gasteiger partial charge in [-0.1, -0.05) is 24.3 Å². The van der Waals surface area contributed by atoms with Crippen LogP contribution in [0.25, 0.3) is 0 Å². The fourth-order valence-corrected chi connectivity index (χ4v) is 2.23. The summed E-state index contributed by atoms with van der Waals surface area (Å²) in [5.74, 6) is 0. The molecule has 21 heavy (non-hydrogen) atoms. The van der Waals surface area contributed by atoms with E-state index in [1.54, 1.807) is 17.4 Å². The smallest absolute Gasteiger partial charge is 0.317 e. The van der Waals surface area contributed by atoms with Gasteiger partial charge in [0, 0.05) is 38.6 Å². The second-order valence-corrected chi connectivity index (χ2v) is 4.89. The molecule has 2 amide bonds. The van der Waals surface area contributed by atoms with E-state index in [1.165, 1.54) is 5.56 Å². The lowest BCUT2D eigenvalue weighted by Crippen LogP contribution is -2.39. The Balaban J connectivity index is 1.93. The topological polar surface area (TPSA) is 50.2 Å². The standard InChI is InChI=1S/C16H22N4O/c1-3-20(4-2)16(21)18-11-14-6-5-7-15(10-14)12-19-9-8-17-13-19/h5-10,13H,3-4,11-12H2,1-2H3,(H,18,21). The lowest BCUT2D eigenvalue weighted by Gasteiger charge is -2.19. The van der Waals surface area contributed by atoms with Crippen molar-refractivity contribution in [3.8, 4) is 0 Å². The Morgan fingerprint density at radius 2 is 2.05 bits per heavy atom. The first kappa shape index (κ1) is 15.1. The van der Waals surface area contributed by atoms with Crippen LogP contribution >= 0.6 is 0 Å². The maximum absolute atomic E-state index is 11.9. The molecule has 0 radical (unpaired) electrons. The molecule has 5 heteroatoms. The van der Waals surface area contributed by atoms with Crippen LogP contribution in [-0.2, 0) is 13.1 Å². The van der Waals surface area contributed by atoms with Crippen LogP contribution in [0, 0.1) is 0 Å².